The van der Waals surface area contributed by atoms with Gasteiger partial charge in [-0.2, -0.15) is 8.78 Å². The van der Waals surface area contributed by atoms with Gasteiger partial charge in [0.15, 0.2) is 10.3 Å². The number of alkyl halides is 2. The number of para-hydroxylation sites is 2. The predicted octanol–water partition coefficient (Wildman–Crippen LogP) is 2.89. The minimum atomic E-state index is -3.46. The third-order valence-corrected chi connectivity index (χ3v) is 5.63. The first-order valence-corrected chi connectivity index (χ1v) is 10.2. The maximum absolute atomic E-state index is 13.0. The number of thioether (sulfide) groups is 1. The van der Waals surface area contributed by atoms with Crippen molar-refractivity contribution < 1.29 is 13.6 Å². The summed E-state index contributed by atoms with van der Waals surface area (Å²) >= 11 is 2.48. The highest BCUT2D eigenvalue weighted by atomic mass is 32.2. The highest BCUT2D eigenvalue weighted by Crippen LogP contribution is 2.30. The number of tetrazole rings is 1. The van der Waals surface area contributed by atoms with Crippen molar-refractivity contribution in [1.82, 2.24) is 34.7 Å². The molecular weight excluding hydrogens is 422 g/mol. The Labute approximate surface area is 171 Å². The normalized spacial score (nSPS) is 11.9. The van der Waals surface area contributed by atoms with E-state index >= 15 is 0 Å². The molecule has 3 aromatic heterocycles. The van der Waals surface area contributed by atoms with Gasteiger partial charge < -0.3 is 0 Å². The Hall–Kier alpha value is -2.93. The van der Waals surface area contributed by atoms with Crippen LogP contribution in [-0.4, -0.2) is 46.6 Å². The lowest BCUT2D eigenvalue weighted by Gasteiger charge is -2.08. The van der Waals surface area contributed by atoms with Crippen LogP contribution in [0, 0.1) is 0 Å². The average molecular weight is 436 g/mol. The second-order valence-corrected chi connectivity index (χ2v) is 7.90. The van der Waals surface area contributed by atoms with Crippen LogP contribution in [0.4, 0.5) is 13.9 Å². The maximum Gasteiger partial charge on any atom is 0.322 e. The van der Waals surface area contributed by atoms with Gasteiger partial charge >= 0.3 is 5.92 Å². The van der Waals surface area contributed by atoms with Gasteiger partial charge in [0, 0.05) is 25.1 Å². The van der Waals surface area contributed by atoms with E-state index in [1.54, 1.807) is 17.1 Å². The Morgan fingerprint density at radius 1 is 1.31 bits per heavy atom. The molecule has 3 heterocycles. The number of amides is 1. The number of aryl methyl sites for hydroxylation is 1. The minimum Gasteiger partial charge on any atom is -0.297 e. The first kappa shape index (κ1) is 19.4. The van der Waals surface area contributed by atoms with E-state index < -0.39 is 11.8 Å². The molecular formula is C16H14F2N8OS2. The molecule has 0 aliphatic rings. The highest BCUT2D eigenvalue weighted by molar-refractivity contribution is 7.98. The number of thiazole rings is 1. The van der Waals surface area contributed by atoms with E-state index in [-0.39, 0.29) is 5.13 Å². The summed E-state index contributed by atoms with van der Waals surface area (Å²) in [5, 5.41) is 16.2. The summed E-state index contributed by atoms with van der Waals surface area (Å²) in [6.45, 7) is 0.540. The first-order chi connectivity index (χ1) is 13.8. The summed E-state index contributed by atoms with van der Waals surface area (Å²) in [5.74, 6) is -3.92. The number of hydrogen-bond acceptors (Lipinski definition) is 8. The van der Waals surface area contributed by atoms with Crippen molar-refractivity contribution in [2.75, 3.05) is 5.32 Å². The van der Waals surface area contributed by atoms with Gasteiger partial charge in [-0.25, -0.2) is 14.6 Å². The molecule has 0 atom stereocenters. The van der Waals surface area contributed by atoms with Crippen molar-refractivity contribution >= 4 is 45.2 Å². The molecule has 0 unspecified atom stereocenters. The summed E-state index contributed by atoms with van der Waals surface area (Å²) in [5.41, 5.74) is 2.27. The third-order valence-electron chi connectivity index (χ3n) is 3.85. The fraction of sp³-hybridized carbons (Fsp3) is 0.250. The lowest BCUT2D eigenvalue weighted by Crippen LogP contribution is -2.31. The van der Waals surface area contributed by atoms with Gasteiger partial charge in [0.25, 0.3) is 11.9 Å². The van der Waals surface area contributed by atoms with Crippen LogP contribution in [0.3, 0.4) is 0 Å². The second-order valence-electron chi connectivity index (χ2n) is 6.10. The molecule has 1 amide bonds. The zero-order chi connectivity index (χ0) is 20.6. The molecule has 4 aromatic rings. The predicted molar refractivity (Wildman–Crippen MR) is 104 cm³/mol. The number of nitrogens with one attached hydrogen (secondary N) is 1. The zero-order valence-corrected chi connectivity index (χ0v) is 16.8. The van der Waals surface area contributed by atoms with Crippen LogP contribution in [0.15, 0.2) is 34.8 Å². The number of fused-ring (bicyclic) bond motifs is 1. The topological polar surface area (TPSA) is 103 Å². The molecule has 0 saturated heterocycles. The Morgan fingerprint density at radius 2 is 2.10 bits per heavy atom. The monoisotopic (exact) mass is 436 g/mol. The standard InChI is InChI=1S/C16H14F2N8OS2/c1-16(17,18)12(27)21-13-19-9(7-28-13)8-29-15-20-10-5-3-4-6-11(10)26(15)14-22-23-24-25(14)2/h3-7H,8H2,1-2H3,(H,19,21,27). The van der Waals surface area contributed by atoms with Crippen LogP contribution < -0.4 is 5.32 Å². The molecule has 0 saturated carbocycles. The summed E-state index contributed by atoms with van der Waals surface area (Å²) in [7, 11) is 1.73. The van der Waals surface area contributed by atoms with Crippen molar-refractivity contribution in [2.45, 2.75) is 23.8 Å². The molecule has 1 N–H and O–H groups in total. The molecule has 0 bridgehead atoms. The van der Waals surface area contributed by atoms with Crippen molar-refractivity contribution in [3.63, 3.8) is 0 Å². The lowest BCUT2D eigenvalue weighted by atomic mass is 10.3. The Bertz CT molecular complexity index is 1180. The maximum atomic E-state index is 13.0. The lowest BCUT2D eigenvalue weighted by molar-refractivity contribution is -0.137. The molecule has 0 aliphatic heterocycles. The number of nitrogens with zero attached hydrogens (tertiary/aromatic N) is 7. The largest absolute Gasteiger partial charge is 0.322 e. The van der Waals surface area contributed by atoms with Crippen LogP contribution in [0.2, 0.25) is 0 Å². The number of benzene rings is 1. The Morgan fingerprint density at radius 3 is 2.83 bits per heavy atom. The Balaban J connectivity index is 1.57. The van der Waals surface area contributed by atoms with Crippen LogP contribution in [-0.2, 0) is 17.6 Å². The molecule has 9 nitrogen and oxygen atoms in total. The van der Waals surface area contributed by atoms with Crippen molar-refractivity contribution in [2.24, 2.45) is 7.05 Å². The first-order valence-electron chi connectivity index (χ1n) is 8.29. The summed E-state index contributed by atoms with van der Waals surface area (Å²) in [6, 6.07) is 7.60. The summed E-state index contributed by atoms with van der Waals surface area (Å²) in [6.07, 6.45) is 0. The molecule has 0 aliphatic carbocycles. The molecule has 1 aromatic carbocycles. The van der Waals surface area contributed by atoms with E-state index in [9.17, 15) is 13.6 Å². The van der Waals surface area contributed by atoms with Crippen molar-refractivity contribution in [3.8, 4) is 5.95 Å². The van der Waals surface area contributed by atoms with Gasteiger partial charge in [-0.15, -0.1) is 11.3 Å². The number of anilines is 1. The summed E-state index contributed by atoms with van der Waals surface area (Å²) < 4.78 is 29.4. The van der Waals surface area contributed by atoms with E-state index in [1.807, 2.05) is 28.8 Å². The van der Waals surface area contributed by atoms with E-state index in [2.05, 4.69) is 30.8 Å². The number of hydrogen-bond donors (Lipinski definition) is 1. The summed E-state index contributed by atoms with van der Waals surface area (Å²) in [4.78, 5) is 20.2. The average Bonchev–Trinajstić information content (AvgIpc) is 3.37. The number of carbonyl (C=O) groups excluding carboxylic acids is 1. The van der Waals surface area contributed by atoms with Gasteiger partial charge in [-0.05, 0) is 22.6 Å². The SMILES string of the molecule is Cn1nnnc1-n1c(SCc2csc(NC(=O)C(C)(F)F)n2)nc2ccccc21. The molecule has 0 radical (unpaired) electrons. The fourth-order valence-electron chi connectivity index (χ4n) is 2.48. The van der Waals surface area contributed by atoms with Gasteiger partial charge in [0.2, 0.25) is 0 Å². The number of carbonyl (C=O) groups is 1. The third kappa shape index (κ3) is 3.96. The van der Waals surface area contributed by atoms with E-state index in [4.69, 9.17) is 0 Å². The molecule has 150 valence electrons. The number of halogens is 2. The van der Waals surface area contributed by atoms with Crippen LogP contribution in [0.1, 0.15) is 12.6 Å². The van der Waals surface area contributed by atoms with E-state index in [0.29, 0.717) is 29.5 Å². The molecule has 4 rings (SSSR count). The van der Waals surface area contributed by atoms with E-state index in [1.165, 1.54) is 11.8 Å². The molecule has 13 heteroatoms. The number of imidazole rings is 1. The van der Waals surface area contributed by atoms with Gasteiger partial charge in [-0.1, -0.05) is 29.0 Å². The minimum absolute atomic E-state index is 0.123. The van der Waals surface area contributed by atoms with Crippen molar-refractivity contribution in [1.29, 1.82) is 0 Å². The quantitative estimate of drug-likeness (QED) is 0.464. The Kier molecular flexibility index (Phi) is 5.00. The molecule has 0 spiro atoms. The molecule has 29 heavy (non-hydrogen) atoms. The number of aromatic nitrogens is 7. The smallest absolute Gasteiger partial charge is 0.297 e. The van der Waals surface area contributed by atoms with Crippen LogP contribution in [0.5, 0.6) is 0 Å². The van der Waals surface area contributed by atoms with Gasteiger partial charge in [-0.3, -0.25) is 14.7 Å². The van der Waals surface area contributed by atoms with Crippen LogP contribution >= 0.6 is 23.1 Å². The van der Waals surface area contributed by atoms with Gasteiger partial charge in [0.1, 0.15) is 0 Å². The highest BCUT2D eigenvalue weighted by Gasteiger charge is 2.32. The van der Waals surface area contributed by atoms with Crippen LogP contribution in [0.25, 0.3) is 17.0 Å². The number of rotatable bonds is 6. The molecule has 0 fully saturated rings. The van der Waals surface area contributed by atoms with E-state index in [0.717, 1.165) is 22.4 Å². The van der Waals surface area contributed by atoms with Gasteiger partial charge in [0.05, 0.1) is 16.7 Å². The second kappa shape index (κ2) is 7.48. The zero-order valence-electron chi connectivity index (χ0n) is 15.2. The fourth-order valence-corrected chi connectivity index (χ4v) is 4.19. The van der Waals surface area contributed by atoms with Crippen molar-refractivity contribution in [3.05, 3.63) is 35.3 Å².